The zero-order chi connectivity index (χ0) is 15.2. The molecule has 0 aliphatic carbocycles. The highest BCUT2D eigenvalue weighted by atomic mass is 16.5. The first-order chi connectivity index (χ1) is 10.2. The van der Waals surface area contributed by atoms with Crippen LogP contribution in [0.4, 0.5) is 0 Å². The molecule has 0 saturated heterocycles. The van der Waals surface area contributed by atoms with Crippen molar-refractivity contribution in [1.29, 1.82) is 0 Å². The van der Waals surface area contributed by atoms with Crippen LogP contribution >= 0.6 is 0 Å². The van der Waals surface area contributed by atoms with E-state index in [-0.39, 0.29) is 5.97 Å². The van der Waals surface area contributed by atoms with Crippen LogP contribution in [0.2, 0.25) is 0 Å². The van der Waals surface area contributed by atoms with Gasteiger partial charge in [0, 0.05) is 23.6 Å². The lowest BCUT2D eigenvalue weighted by atomic mass is 10.1. The Morgan fingerprint density at radius 3 is 2.90 bits per heavy atom. The van der Waals surface area contributed by atoms with E-state index in [1.165, 1.54) is 22.0 Å². The lowest BCUT2D eigenvalue weighted by Gasteiger charge is -2.05. The Labute approximate surface area is 126 Å². The molecule has 0 atom stereocenters. The van der Waals surface area contributed by atoms with Gasteiger partial charge in [-0.05, 0) is 51.6 Å². The first kappa shape index (κ1) is 15.6. The molecule has 114 valence electrons. The molecule has 0 bridgehead atoms. The minimum absolute atomic E-state index is 0.136. The average Bonchev–Trinajstić information content (AvgIpc) is 2.80. The SMILES string of the molecule is CCOC(=O)CCn1cc(CCNC)c2cc(C)ccc21. The molecular weight excluding hydrogens is 264 g/mol. The largest absolute Gasteiger partial charge is 0.466 e. The molecule has 1 heterocycles. The first-order valence-corrected chi connectivity index (χ1v) is 7.54. The van der Waals surface area contributed by atoms with E-state index in [1.54, 1.807) is 0 Å². The summed E-state index contributed by atoms with van der Waals surface area (Å²) in [7, 11) is 1.96. The van der Waals surface area contributed by atoms with Crippen molar-refractivity contribution < 1.29 is 9.53 Å². The fourth-order valence-corrected chi connectivity index (χ4v) is 2.57. The molecule has 1 aromatic heterocycles. The first-order valence-electron chi connectivity index (χ1n) is 7.54. The normalized spacial score (nSPS) is 11.0. The minimum atomic E-state index is -0.136. The maximum Gasteiger partial charge on any atom is 0.307 e. The number of likely N-dealkylation sites (N-methyl/N-ethyl adjacent to an activating group) is 1. The standard InChI is InChI=1S/C17H24N2O2/c1-4-21-17(20)8-10-19-12-14(7-9-18-3)15-11-13(2)5-6-16(15)19/h5-6,11-12,18H,4,7-10H2,1-3H3. The molecule has 2 rings (SSSR count). The predicted molar refractivity (Wildman–Crippen MR) is 85.6 cm³/mol. The summed E-state index contributed by atoms with van der Waals surface area (Å²) in [4.78, 5) is 11.5. The quantitative estimate of drug-likeness (QED) is 0.797. The van der Waals surface area contributed by atoms with Crippen LogP contribution in [-0.4, -0.2) is 30.7 Å². The number of nitrogens with zero attached hydrogens (tertiary/aromatic N) is 1. The number of fused-ring (bicyclic) bond motifs is 1. The molecule has 0 spiro atoms. The molecule has 0 saturated carbocycles. The van der Waals surface area contributed by atoms with Crippen molar-refractivity contribution in [2.45, 2.75) is 33.2 Å². The van der Waals surface area contributed by atoms with Crippen LogP contribution in [0.15, 0.2) is 24.4 Å². The van der Waals surface area contributed by atoms with E-state index in [0.717, 1.165) is 13.0 Å². The van der Waals surface area contributed by atoms with Crippen LogP contribution < -0.4 is 5.32 Å². The Bertz CT molecular complexity index is 617. The fraction of sp³-hybridized carbons (Fsp3) is 0.471. The Morgan fingerprint density at radius 2 is 2.19 bits per heavy atom. The third-order valence-electron chi connectivity index (χ3n) is 3.63. The number of aromatic nitrogens is 1. The second-order valence-corrected chi connectivity index (χ2v) is 5.28. The zero-order valence-electron chi connectivity index (χ0n) is 13.1. The lowest BCUT2D eigenvalue weighted by Crippen LogP contribution is -2.10. The van der Waals surface area contributed by atoms with Crippen molar-refractivity contribution in [2.24, 2.45) is 0 Å². The van der Waals surface area contributed by atoms with Crippen molar-refractivity contribution in [3.63, 3.8) is 0 Å². The lowest BCUT2D eigenvalue weighted by molar-refractivity contribution is -0.143. The van der Waals surface area contributed by atoms with Crippen molar-refractivity contribution in [3.8, 4) is 0 Å². The van der Waals surface area contributed by atoms with Gasteiger partial charge in [0.1, 0.15) is 0 Å². The van der Waals surface area contributed by atoms with Crippen LogP contribution in [0.3, 0.4) is 0 Å². The highest BCUT2D eigenvalue weighted by Crippen LogP contribution is 2.23. The van der Waals surface area contributed by atoms with E-state index in [0.29, 0.717) is 19.6 Å². The van der Waals surface area contributed by atoms with Gasteiger partial charge in [0.25, 0.3) is 0 Å². The number of hydrogen-bond donors (Lipinski definition) is 1. The van der Waals surface area contributed by atoms with Crippen molar-refractivity contribution in [3.05, 3.63) is 35.5 Å². The Balaban J connectivity index is 2.24. The summed E-state index contributed by atoms with van der Waals surface area (Å²) in [5.74, 6) is -0.136. The van der Waals surface area contributed by atoms with Crippen LogP contribution in [0.5, 0.6) is 0 Å². The number of aryl methyl sites for hydroxylation is 2. The number of esters is 1. The van der Waals surface area contributed by atoms with Gasteiger partial charge < -0.3 is 14.6 Å². The van der Waals surface area contributed by atoms with Gasteiger partial charge in [-0.15, -0.1) is 0 Å². The minimum Gasteiger partial charge on any atom is -0.466 e. The van der Waals surface area contributed by atoms with Crippen molar-refractivity contribution >= 4 is 16.9 Å². The van der Waals surface area contributed by atoms with E-state index < -0.39 is 0 Å². The summed E-state index contributed by atoms with van der Waals surface area (Å²) in [5.41, 5.74) is 3.78. The van der Waals surface area contributed by atoms with Crippen LogP contribution in [0, 0.1) is 6.92 Å². The molecule has 4 nitrogen and oxygen atoms in total. The fourth-order valence-electron chi connectivity index (χ4n) is 2.57. The molecule has 1 aromatic carbocycles. The molecule has 0 fully saturated rings. The molecule has 0 unspecified atom stereocenters. The molecule has 0 amide bonds. The molecular formula is C17H24N2O2. The second-order valence-electron chi connectivity index (χ2n) is 5.28. The number of carbonyl (C=O) groups is 1. The summed E-state index contributed by atoms with van der Waals surface area (Å²) >= 11 is 0. The summed E-state index contributed by atoms with van der Waals surface area (Å²) in [6.07, 6.45) is 3.57. The number of ether oxygens (including phenoxy) is 1. The van der Waals surface area contributed by atoms with Gasteiger partial charge in [0.15, 0.2) is 0 Å². The maximum absolute atomic E-state index is 11.5. The van der Waals surface area contributed by atoms with E-state index >= 15 is 0 Å². The van der Waals surface area contributed by atoms with Crippen molar-refractivity contribution in [2.75, 3.05) is 20.2 Å². The van der Waals surface area contributed by atoms with Gasteiger partial charge in [-0.2, -0.15) is 0 Å². The summed E-state index contributed by atoms with van der Waals surface area (Å²) in [5, 5.41) is 4.47. The van der Waals surface area contributed by atoms with Gasteiger partial charge >= 0.3 is 5.97 Å². The van der Waals surface area contributed by atoms with Gasteiger partial charge in [-0.3, -0.25) is 4.79 Å². The van der Waals surface area contributed by atoms with Gasteiger partial charge in [0.2, 0.25) is 0 Å². The van der Waals surface area contributed by atoms with Gasteiger partial charge in [-0.25, -0.2) is 0 Å². The summed E-state index contributed by atoms with van der Waals surface area (Å²) in [6, 6.07) is 6.48. The molecule has 4 heteroatoms. The van der Waals surface area contributed by atoms with Crippen molar-refractivity contribution in [1.82, 2.24) is 9.88 Å². The van der Waals surface area contributed by atoms with Crippen LogP contribution in [-0.2, 0) is 22.5 Å². The second kappa shape index (κ2) is 7.27. The number of carbonyl (C=O) groups excluding carboxylic acids is 1. The number of benzene rings is 1. The Hall–Kier alpha value is -1.81. The Kier molecular flexibility index (Phi) is 5.39. The zero-order valence-corrected chi connectivity index (χ0v) is 13.1. The molecule has 0 radical (unpaired) electrons. The average molecular weight is 288 g/mol. The van der Waals surface area contributed by atoms with Crippen LogP contribution in [0.1, 0.15) is 24.5 Å². The van der Waals surface area contributed by atoms with E-state index in [4.69, 9.17) is 4.74 Å². The number of rotatable bonds is 7. The summed E-state index contributed by atoms with van der Waals surface area (Å²) < 4.78 is 7.17. The Morgan fingerprint density at radius 1 is 1.38 bits per heavy atom. The number of hydrogen-bond acceptors (Lipinski definition) is 3. The topological polar surface area (TPSA) is 43.3 Å². The highest BCUT2D eigenvalue weighted by Gasteiger charge is 2.10. The van der Waals surface area contributed by atoms with Gasteiger partial charge in [0.05, 0.1) is 13.0 Å². The molecule has 0 aliphatic heterocycles. The third kappa shape index (κ3) is 3.85. The molecule has 1 N–H and O–H groups in total. The van der Waals surface area contributed by atoms with Gasteiger partial charge in [-0.1, -0.05) is 11.6 Å². The summed E-state index contributed by atoms with van der Waals surface area (Å²) in [6.45, 7) is 6.00. The van der Waals surface area contributed by atoms with E-state index in [2.05, 4.69) is 41.2 Å². The number of nitrogens with one attached hydrogen (secondary N) is 1. The smallest absolute Gasteiger partial charge is 0.307 e. The monoisotopic (exact) mass is 288 g/mol. The third-order valence-corrected chi connectivity index (χ3v) is 3.63. The molecule has 2 aromatic rings. The molecule has 21 heavy (non-hydrogen) atoms. The maximum atomic E-state index is 11.5. The van der Waals surface area contributed by atoms with Crippen LogP contribution in [0.25, 0.3) is 10.9 Å². The predicted octanol–water partition coefficient (Wildman–Crippen LogP) is 2.66. The molecule has 0 aliphatic rings. The van der Waals surface area contributed by atoms with E-state index in [1.807, 2.05) is 14.0 Å². The highest BCUT2D eigenvalue weighted by molar-refractivity contribution is 5.85. The van der Waals surface area contributed by atoms with E-state index in [9.17, 15) is 4.79 Å².